The van der Waals surface area contributed by atoms with Crippen LogP contribution in [0.25, 0.3) is 0 Å². The van der Waals surface area contributed by atoms with Gasteiger partial charge in [0.15, 0.2) is 0 Å². The summed E-state index contributed by atoms with van der Waals surface area (Å²) in [5.74, 6) is -0.701. The minimum atomic E-state index is -0.884. The van der Waals surface area contributed by atoms with Gasteiger partial charge in [-0.2, -0.15) is 0 Å². The average Bonchev–Trinajstić information content (AvgIpc) is 2.61. The highest BCUT2D eigenvalue weighted by atomic mass is 16.4. The number of rotatable bonds is 9. The molecule has 1 amide bonds. The van der Waals surface area contributed by atoms with E-state index >= 15 is 0 Å². The number of carboxylic acid groups (broad SMARTS) is 1. The second-order valence-electron chi connectivity index (χ2n) is 6.41. The van der Waals surface area contributed by atoms with Crippen molar-refractivity contribution >= 4 is 11.9 Å². The lowest BCUT2D eigenvalue weighted by atomic mass is 9.89. The molecule has 2 aromatic rings. The monoisotopic (exact) mass is 339 g/mol. The number of hydrogen-bond acceptors (Lipinski definition) is 2. The van der Waals surface area contributed by atoms with Gasteiger partial charge in [-0.25, -0.2) is 0 Å². The van der Waals surface area contributed by atoms with Gasteiger partial charge in [-0.1, -0.05) is 60.7 Å². The van der Waals surface area contributed by atoms with Crippen LogP contribution in [-0.2, 0) is 22.4 Å². The molecular weight excluding hydrogens is 314 g/mol. The quantitative estimate of drug-likeness (QED) is 0.762. The maximum atomic E-state index is 12.5. The fourth-order valence-corrected chi connectivity index (χ4v) is 2.90. The minimum absolute atomic E-state index is 0.00175. The molecule has 0 bridgehead atoms. The van der Waals surface area contributed by atoms with Crippen LogP contribution in [0.2, 0.25) is 0 Å². The Morgan fingerprint density at radius 2 is 1.40 bits per heavy atom. The number of aliphatic carboxylic acids is 1. The van der Waals surface area contributed by atoms with Crippen LogP contribution >= 0.6 is 0 Å². The Morgan fingerprint density at radius 3 is 1.84 bits per heavy atom. The maximum absolute atomic E-state index is 12.5. The third kappa shape index (κ3) is 6.79. The number of carbonyl (C=O) groups is 2. The Bertz CT molecular complexity index is 629. The summed E-state index contributed by atoms with van der Waals surface area (Å²) < 4.78 is 0. The van der Waals surface area contributed by atoms with Gasteiger partial charge in [-0.05, 0) is 29.9 Å². The van der Waals surface area contributed by atoms with E-state index in [1.807, 2.05) is 36.4 Å². The Labute approximate surface area is 149 Å². The van der Waals surface area contributed by atoms with Gasteiger partial charge in [0.1, 0.15) is 0 Å². The van der Waals surface area contributed by atoms with Crippen LogP contribution < -0.4 is 0 Å². The summed E-state index contributed by atoms with van der Waals surface area (Å²) in [6, 6.07) is 20.3. The number of benzene rings is 2. The van der Waals surface area contributed by atoms with E-state index in [1.165, 1.54) is 16.0 Å². The van der Waals surface area contributed by atoms with E-state index in [-0.39, 0.29) is 24.8 Å². The van der Waals surface area contributed by atoms with Crippen LogP contribution in [0.15, 0.2) is 60.7 Å². The summed E-state index contributed by atoms with van der Waals surface area (Å²) in [6.45, 7) is 0.248. The highest BCUT2D eigenvalue weighted by molar-refractivity contribution is 5.77. The topological polar surface area (TPSA) is 57.6 Å². The van der Waals surface area contributed by atoms with Crippen LogP contribution in [-0.4, -0.2) is 35.5 Å². The molecule has 0 aromatic heterocycles. The minimum Gasteiger partial charge on any atom is -0.481 e. The van der Waals surface area contributed by atoms with Gasteiger partial charge in [0.25, 0.3) is 0 Å². The molecule has 0 heterocycles. The molecule has 25 heavy (non-hydrogen) atoms. The highest BCUT2D eigenvalue weighted by Crippen LogP contribution is 2.19. The van der Waals surface area contributed by atoms with Gasteiger partial charge in [-0.15, -0.1) is 0 Å². The molecule has 0 saturated carbocycles. The van der Waals surface area contributed by atoms with E-state index < -0.39 is 5.97 Å². The van der Waals surface area contributed by atoms with Crippen LogP contribution in [0.4, 0.5) is 0 Å². The fraction of sp³-hybridized carbons (Fsp3) is 0.333. The Balaban J connectivity index is 2.02. The van der Waals surface area contributed by atoms with Crippen molar-refractivity contribution in [1.29, 1.82) is 0 Å². The summed E-state index contributed by atoms with van der Waals surface area (Å²) >= 11 is 0. The SMILES string of the molecule is CN(CCC(=O)O)C(=O)CC(Cc1ccccc1)Cc1ccccc1. The second kappa shape index (κ2) is 9.62. The van der Waals surface area contributed by atoms with Gasteiger partial charge < -0.3 is 10.0 Å². The maximum Gasteiger partial charge on any atom is 0.305 e. The van der Waals surface area contributed by atoms with E-state index in [1.54, 1.807) is 7.05 Å². The van der Waals surface area contributed by atoms with E-state index in [2.05, 4.69) is 24.3 Å². The molecule has 132 valence electrons. The number of nitrogens with zero attached hydrogens (tertiary/aromatic N) is 1. The molecule has 0 saturated heterocycles. The molecule has 1 N–H and O–H groups in total. The predicted octanol–water partition coefficient (Wildman–Crippen LogP) is 3.41. The smallest absolute Gasteiger partial charge is 0.305 e. The third-order valence-corrected chi connectivity index (χ3v) is 4.28. The first kappa shape index (κ1) is 18.7. The molecule has 4 nitrogen and oxygen atoms in total. The van der Waals surface area contributed by atoms with Crippen LogP contribution in [0.5, 0.6) is 0 Å². The largest absolute Gasteiger partial charge is 0.481 e. The summed E-state index contributed by atoms with van der Waals surface area (Å²) in [5, 5.41) is 8.78. The zero-order valence-corrected chi connectivity index (χ0v) is 14.6. The summed E-state index contributed by atoms with van der Waals surface area (Å²) in [5.41, 5.74) is 2.42. The number of carbonyl (C=O) groups excluding carboxylic acids is 1. The van der Waals surface area contributed by atoms with Crippen molar-refractivity contribution in [3.63, 3.8) is 0 Å². The van der Waals surface area contributed by atoms with Gasteiger partial charge in [0.2, 0.25) is 5.91 Å². The zero-order valence-electron chi connectivity index (χ0n) is 14.6. The molecule has 0 aliphatic rings. The van der Waals surface area contributed by atoms with E-state index in [0.29, 0.717) is 6.42 Å². The first-order chi connectivity index (χ1) is 12.0. The van der Waals surface area contributed by atoms with Crippen molar-refractivity contribution in [3.05, 3.63) is 71.8 Å². The fourth-order valence-electron chi connectivity index (χ4n) is 2.90. The van der Waals surface area contributed by atoms with Gasteiger partial charge in [0.05, 0.1) is 6.42 Å². The Kier molecular flexibility index (Phi) is 7.20. The average molecular weight is 339 g/mol. The molecule has 2 rings (SSSR count). The molecular formula is C21H25NO3. The zero-order chi connectivity index (χ0) is 18.1. The normalized spacial score (nSPS) is 10.6. The van der Waals surface area contributed by atoms with Crippen LogP contribution in [0.1, 0.15) is 24.0 Å². The summed E-state index contributed by atoms with van der Waals surface area (Å²) in [4.78, 5) is 24.7. The molecule has 0 aliphatic carbocycles. The molecule has 0 atom stereocenters. The van der Waals surface area contributed by atoms with E-state index in [4.69, 9.17) is 5.11 Å². The third-order valence-electron chi connectivity index (χ3n) is 4.28. The molecule has 0 aliphatic heterocycles. The van der Waals surface area contributed by atoms with Crippen LogP contribution in [0.3, 0.4) is 0 Å². The molecule has 4 heteroatoms. The summed E-state index contributed by atoms with van der Waals surface area (Å²) in [7, 11) is 1.67. The van der Waals surface area contributed by atoms with E-state index in [9.17, 15) is 9.59 Å². The molecule has 0 radical (unpaired) electrons. The lowest BCUT2D eigenvalue weighted by Gasteiger charge is -2.21. The lowest BCUT2D eigenvalue weighted by molar-refractivity contribution is -0.138. The molecule has 0 unspecified atom stereocenters. The Hall–Kier alpha value is -2.62. The lowest BCUT2D eigenvalue weighted by Crippen LogP contribution is -2.31. The number of hydrogen-bond donors (Lipinski definition) is 1. The summed E-state index contributed by atoms with van der Waals surface area (Å²) in [6.07, 6.45) is 2.05. The van der Waals surface area contributed by atoms with Crippen molar-refractivity contribution < 1.29 is 14.7 Å². The Morgan fingerprint density at radius 1 is 0.920 bits per heavy atom. The van der Waals surface area contributed by atoms with Gasteiger partial charge in [-0.3, -0.25) is 9.59 Å². The molecule has 2 aromatic carbocycles. The number of amides is 1. The van der Waals surface area contributed by atoms with Gasteiger partial charge in [0, 0.05) is 20.0 Å². The predicted molar refractivity (Wildman–Crippen MR) is 98.3 cm³/mol. The van der Waals surface area contributed by atoms with Crippen LogP contribution in [0, 0.1) is 5.92 Å². The van der Waals surface area contributed by atoms with Gasteiger partial charge >= 0.3 is 5.97 Å². The number of carboxylic acids is 1. The van der Waals surface area contributed by atoms with Crippen molar-refractivity contribution in [1.82, 2.24) is 4.90 Å². The van der Waals surface area contributed by atoms with Crippen molar-refractivity contribution in [2.45, 2.75) is 25.7 Å². The standard InChI is InChI=1S/C21H25NO3/c1-22(13-12-21(24)25)20(23)16-19(14-17-8-4-2-5-9-17)15-18-10-6-3-7-11-18/h2-11,19H,12-16H2,1H3,(H,24,25). The molecule has 0 spiro atoms. The first-order valence-corrected chi connectivity index (χ1v) is 8.58. The first-order valence-electron chi connectivity index (χ1n) is 8.58. The van der Waals surface area contributed by atoms with Crippen molar-refractivity contribution in [3.8, 4) is 0 Å². The highest BCUT2D eigenvalue weighted by Gasteiger charge is 2.18. The second-order valence-corrected chi connectivity index (χ2v) is 6.41. The molecule has 0 fully saturated rings. The van der Waals surface area contributed by atoms with E-state index in [0.717, 1.165) is 12.8 Å². The van der Waals surface area contributed by atoms with Crippen molar-refractivity contribution in [2.24, 2.45) is 5.92 Å². The van der Waals surface area contributed by atoms with Crippen molar-refractivity contribution in [2.75, 3.05) is 13.6 Å².